The van der Waals surface area contributed by atoms with Gasteiger partial charge in [-0.15, -0.1) is 0 Å². The Morgan fingerprint density at radius 3 is 2.26 bits per heavy atom. The van der Waals surface area contributed by atoms with Gasteiger partial charge in [-0.05, 0) is 37.1 Å². The van der Waals surface area contributed by atoms with Crippen molar-refractivity contribution in [3.63, 3.8) is 0 Å². The molecule has 1 rings (SSSR count). The Morgan fingerprint density at radius 1 is 1.00 bits per heavy atom. The highest BCUT2D eigenvalue weighted by molar-refractivity contribution is 7.92. The van der Waals surface area contributed by atoms with Crippen LogP contribution < -0.4 is 10.0 Å². The molecule has 0 spiro atoms. The van der Waals surface area contributed by atoms with E-state index in [1.54, 1.807) is 0 Å². The van der Waals surface area contributed by atoms with E-state index in [9.17, 15) is 8.42 Å². The molecule has 0 saturated carbocycles. The zero-order chi connectivity index (χ0) is 14.1. The monoisotopic (exact) mass is 284 g/mol. The fourth-order valence-corrected chi connectivity index (χ4v) is 2.78. The quantitative estimate of drug-likeness (QED) is 0.685. The highest BCUT2D eigenvalue weighted by atomic mass is 32.2. The van der Waals surface area contributed by atoms with Crippen molar-refractivity contribution in [1.29, 1.82) is 0 Å². The number of hydrogen-bond donors (Lipinski definition) is 2. The van der Waals surface area contributed by atoms with E-state index in [0.29, 0.717) is 12.2 Å². The predicted molar refractivity (Wildman–Crippen MR) is 81.0 cm³/mol. The maximum atomic E-state index is 11.8. The molecule has 1 aromatic rings. The zero-order valence-electron chi connectivity index (χ0n) is 11.8. The smallest absolute Gasteiger partial charge is 0.233 e. The third kappa shape index (κ3) is 6.59. The summed E-state index contributed by atoms with van der Waals surface area (Å²) in [4.78, 5) is 0. The molecule has 0 aliphatic rings. The zero-order valence-corrected chi connectivity index (χ0v) is 12.6. The van der Waals surface area contributed by atoms with Gasteiger partial charge in [0.15, 0.2) is 0 Å². The summed E-state index contributed by atoms with van der Waals surface area (Å²) in [5.41, 5.74) is 1.87. The van der Waals surface area contributed by atoms with Crippen molar-refractivity contribution in [3.05, 3.63) is 29.8 Å². The summed E-state index contributed by atoms with van der Waals surface area (Å²) in [5.74, 6) is 0.101. The third-order valence-corrected chi connectivity index (χ3v) is 4.03. The molecule has 0 unspecified atom stereocenters. The molecule has 0 aliphatic heterocycles. The highest BCUT2D eigenvalue weighted by Crippen LogP contribution is 2.12. The lowest BCUT2D eigenvalue weighted by molar-refractivity contribution is 0.595. The lowest BCUT2D eigenvalue weighted by Crippen LogP contribution is -2.27. The van der Waals surface area contributed by atoms with Crippen LogP contribution in [0.1, 0.15) is 32.3 Å². The summed E-state index contributed by atoms with van der Waals surface area (Å²) < 4.78 is 26.2. The molecule has 108 valence electrons. The van der Waals surface area contributed by atoms with Crippen molar-refractivity contribution in [2.24, 2.45) is 0 Å². The first kappa shape index (κ1) is 16.0. The van der Waals surface area contributed by atoms with Gasteiger partial charge < -0.3 is 5.32 Å². The Balaban J connectivity index is 2.48. The fourth-order valence-electron chi connectivity index (χ4n) is 1.77. The van der Waals surface area contributed by atoms with Crippen LogP contribution in [-0.2, 0) is 16.4 Å². The van der Waals surface area contributed by atoms with Gasteiger partial charge in [-0.3, -0.25) is 4.72 Å². The maximum absolute atomic E-state index is 11.8. The molecule has 0 radical (unpaired) electrons. The van der Waals surface area contributed by atoms with Crippen LogP contribution in [-0.4, -0.2) is 27.3 Å². The molecule has 4 nitrogen and oxygen atoms in total. The van der Waals surface area contributed by atoms with Crippen molar-refractivity contribution in [2.75, 3.05) is 23.6 Å². The molecule has 0 heterocycles. The molecule has 0 amide bonds. The Bertz CT molecular complexity index is 455. The minimum atomic E-state index is -3.25. The predicted octanol–water partition coefficient (Wildman–Crippen LogP) is 2.38. The normalized spacial score (nSPS) is 11.5. The average Bonchev–Trinajstić information content (AvgIpc) is 2.37. The summed E-state index contributed by atoms with van der Waals surface area (Å²) in [6.45, 7) is 5.51. The molecule has 19 heavy (non-hydrogen) atoms. The van der Waals surface area contributed by atoms with Crippen molar-refractivity contribution < 1.29 is 8.42 Å². The van der Waals surface area contributed by atoms with Crippen LogP contribution in [0.2, 0.25) is 0 Å². The lowest BCUT2D eigenvalue weighted by atomic mass is 10.1. The van der Waals surface area contributed by atoms with Crippen LogP contribution in [0.3, 0.4) is 0 Å². The van der Waals surface area contributed by atoms with E-state index in [2.05, 4.69) is 23.9 Å². The van der Waals surface area contributed by atoms with E-state index in [-0.39, 0.29) is 5.75 Å². The first-order chi connectivity index (χ1) is 9.07. The van der Waals surface area contributed by atoms with Gasteiger partial charge in [-0.1, -0.05) is 32.4 Å². The van der Waals surface area contributed by atoms with Crippen molar-refractivity contribution in [1.82, 2.24) is 5.32 Å². The Hall–Kier alpha value is -1.07. The van der Waals surface area contributed by atoms with Crippen molar-refractivity contribution >= 4 is 15.7 Å². The van der Waals surface area contributed by atoms with Crippen LogP contribution >= 0.6 is 0 Å². The second-order valence-electron chi connectivity index (χ2n) is 4.62. The van der Waals surface area contributed by atoms with E-state index in [0.717, 1.165) is 25.8 Å². The summed E-state index contributed by atoms with van der Waals surface area (Å²) in [6.07, 6.45) is 3.12. The summed E-state index contributed by atoms with van der Waals surface area (Å²) in [7, 11) is -3.25. The molecule has 0 aromatic heterocycles. The number of benzene rings is 1. The second-order valence-corrected chi connectivity index (χ2v) is 6.46. The molecule has 0 aliphatic carbocycles. The van der Waals surface area contributed by atoms with Crippen LogP contribution in [0, 0.1) is 0 Å². The van der Waals surface area contributed by atoms with Gasteiger partial charge in [0.25, 0.3) is 0 Å². The van der Waals surface area contributed by atoms with E-state index >= 15 is 0 Å². The molecule has 0 saturated heterocycles. The SMILES string of the molecule is CCCNCCS(=O)(=O)Nc1ccc(CCC)cc1. The molecule has 0 fully saturated rings. The van der Waals surface area contributed by atoms with Crippen LogP contribution in [0.15, 0.2) is 24.3 Å². The number of anilines is 1. The summed E-state index contributed by atoms with van der Waals surface area (Å²) in [5, 5.41) is 3.08. The van der Waals surface area contributed by atoms with E-state index in [1.807, 2.05) is 24.3 Å². The standard InChI is InChI=1S/C14H24N2O2S/c1-3-5-13-6-8-14(9-7-13)16-19(17,18)12-11-15-10-4-2/h6-9,15-16H,3-5,10-12H2,1-2H3. The topological polar surface area (TPSA) is 58.2 Å². The lowest BCUT2D eigenvalue weighted by Gasteiger charge is -2.09. The first-order valence-corrected chi connectivity index (χ1v) is 8.52. The molecule has 1 aromatic carbocycles. The molecule has 2 N–H and O–H groups in total. The third-order valence-electron chi connectivity index (χ3n) is 2.74. The van der Waals surface area contributed by atoms with Gasteiger partial charge in [-0.2, -0.15) is 0 Å². The van der Waals surface area contributed by atoms with Crippen LogP contribution in [0.25, 0.3) is 0 Å². The minimum absolute atomic E-state index is 0.101. The van der Waals surface area contributed by atoms with E-state index in [4.69, 9.17) is 0 Å². The minimum Gasteiger partial charge on any atom is -0.316 e. The van der Waals surface area contributed by atoms with Crippen LogP contribution in [0.4, 0.5) is 5.69 Å². The van der Waals surface area contributed by atoms with Gasteiger partial charge in [0.1, 0.15) is 0 Å². The van der Waals surface area contributed by atoms with Gasteiger partial charge in [0.05, 0.1) is 5.75 Å². The van der Waals surface area contributed by atoms with Gasteiger partial charge in [0, 0.05) is 12.2 Å². The first-order valence-electron chi connectivity index (χ1n) is 6.87. The maximum Gasteiger partial charge on any atom is 0.233 e. The van der Waals surface area contributed by atoms with Gasteiger partial charge in [-0.25, -0.2) is 8.42 Å². The van der Waals surface area contributed by atoms with Gasteiger partial charge >= 0.3 is 0 Å². The fraction of sp³-hybridized carbons (Fsp3) is 0.571. The Kier molecular flexibility index (Phi) is 6.87. The molecule has 5 heteroatoms. The number of rotatable bonds is 9. The summed E-state index contributed by atoms with van der Waals surface area (Å²) >= 11 is 0. The van der Waals surface area contributed by atoms with E-state index < -0.39 is 10.0 Å². The number of nitrogens with one attached hydrogen (secondary N) is 2. The molecular formula is C14H24N2O2S. The van der Waals surface area contributed by atoms with E-state index in [1.165, 1.54) is 5.56 Å². The molecular weight excluding hydrogens is 260 g/mol. The Morgan fingerprint density at radius 2 is 1.68 bits per heavy atom. The largest absolute Gasteiger partial charge is 0.316 e. The number of aryl methyl sites for hydroxylation is 1. The molecule has 0 atom stereocenters. The Labute approximate surface area is 116 Å². The van der Waals surface area contributed by atoms with Crippen molar-refractivity contribution in [2.45, 2.75) is 33.1 Å². The number of hydrogen-bond acceptors (Lipinski definition) is 3. The van der Waals surface area contributed by atoms with Crippen LogP contribution in [0.5, 0.6) is 0 Å². The molecule has 0 bridgehead atoms. The number of sulfonamides is 1. The second kappa shape index (κ2) is 8.17. The average molecular weight is 284 g/mol. The summed E-state index contributed by atoms with van der Waals surface area (Å²) in [6, 6.07) is 7.58. The van der Waals surface area contributed by atoms with Crippen molar-refractivity contribution in [3.8, 4) is 0 Å². The van der Waals surface area contributed by atoms with Gasteiger partial charge in [0.2, 0.25) is 10.0 Å². The highest BCUT2D eigenvalue weighted by Gasteiger charge is 2.09.